The molecular weight excluding hydrogens is 164 g/mol. The number of nitrogens with one attached hydrogen (secondary N) is 1. The van der Waals surface area contributed by atoms with Gasteiger partial charge in [0.05, 0.1) is 6.54 Å². The molecule has 2 unspecified atom stereocenters. The molecule has 3 heteroatoms. The van der Waals surface area contributed by atoms with Gasteiger partial charge in [-0.25, -0.2) is 4.99 Å². The van der Waals surface area contributed by atoms with E-state index in [-0.39, 0.29) is 0 Å². The molecule has 0 spiro atoms. The van der Waals surface area contributed by atoms with Crippen molar-refractivity contribution >= 4 is 6.02 Å². The second-order valence-electron chi connectivity index (χ2n) is 4.05. The summed E-state index contributed by atoms with van der Waals surface area (Å²) in [5.41, 5.74) is 0. The van der Waals surface area contributed by atoms with E-state index < -0.39 is 0 Å². The van der Waals surface area contributed by atoms with Crippen LogP contribution in [0.1, 0.15) is 32.6 Å². The number of hydrogen-bond donors (Lipinski definition) is 1. The monoisotopic (exact) mass is 182 g/mol. The molecule has 2 atom stereocenters. The smallest absolute Gasteiger partial charge is 0.285 e. The molecule has 0 bridgehead atoms. The Labute approximate surface area is 79.6 Å². The van der Waals surface area contributed by atoms with Crippen LogP contribution in [-0.4, -0.2) is 25.2 Å². The van der Waals surface area contributed by atoms with Gasteiger partial charge in [0, 0.05) is 6.04 Å². The van der Waals surface area contributed by atoms with E-state index in [4.69, 9.17) is 4.74 Å². The lowest BCUT2D eigenvalue weighted by Crippen LogP contribution is -2.41. The molecule has 1 aliphatic heterocycles. The molecule has 2 aliphatic rings. The first-order valence-electron chi connectivity index (χ1n) is 5.30. The molecular formula is C10H18N2O. The van der Waals surface area contributed by atoms with E-state index in [0.29, 0.717) is 6.04 Å². The van der Waals surface area contributed by atoms with Crippen LogP contribution in [0.15, 0.2) is 4.99 Å². The zero-order valence-electron chi connectivity index (χ0n) is 8.25. The quantitative estimate of drug-likeness (QED) is 0.667. The van der Waals surface area contributed by atoms with Crippen molar-refractivity contribution in [2.45, 2.75) is 38.6 Å². The van der Waals surface area contributed by atoms with E-state index in [0.717, 1.165) is 25.1 Å². The van der Waals surface area contributed by atoms with Gasteiger partial charge >= 0.3 is 0 Å². The summed E-state index contributed by atoms with van der Waals surface area (Å²) in [4.78, 5) is 4.25. The zero-order valence-corrected chi connectivity index (χ0v) is 8.25. The Morgan fingerprint density at radius 2 is 2.23 bits per heavy atom. The van der Waals surface area contributed by atoms with Crippen LogP contribution in [0, 0.1) is 5.92 Å². The Bertz CT molecular complexity index is 203. The molecule has 0 aromatic rings. The van der Waals surface area contributed by atoms with Crippen molar-refractivity contribution in [3.8, 4) is 0 Å². The number of nitrogens with zero attached hydrogens (tertiary/aromatic N) is 1. The highest BCUT2D eigenvalue weighted by Gasteiger charge is 2.23. The Morgan fingerprint density at radius 3 is 2.92 bits per heavy atom. The van der Waals surface area contributed by atoms with Crippen molar-refractivity contribution in [3.63, 3.8) is 0 Å². The Hall–Kier alpha value is -0.730. The van der Waals surface area contributed by atoms with E-state index >= 15 is 0 Å². The number of rotatable bonds is 1. The van der Waals surface area contributed by atoms with Crippen molar-refractivity contribution in [3.05, 3.63) is 0 Å². The second-order valence-corrected chi connectivity index (χ2v) is 4.05. The van der Waals surface area contributed by atoms with E-state index in [1.807, 2.05) is 0 Å². The molecule has 74 valence electrons. The van der Waals surface area contributed by atoms with E-state index in [9.17, 15) is 0 Å². The minimum atomic E-state index is 0.589. The molecule has 1 N–H and O–H groups in total. The lowest BCUT2D eigenvalue weighted by Gasteiger charge is -2.29. The Kier molecular flexibility index (Phi) is 2.71. The summed E-state index contributed by atoms with van der Waals surface area (Å²) in [6.45, 7) is 3.89. The molecule has 1 aliphatic carbocycles. The molecule has 13 heavy (non-hydrogen) atoms. The minimum absolute atomic E-state index is 0.589. The normalized spacial score (nSPS) is 33.8. The maximum Gasteiger partial charge on any atom is 0.285 e. The van der Waals surface area contributed by atoms with Gasteiger partial charge in [0.2, 0.25) is 0 Å². The molecule has 1 heterocycles. The standard InChI is InChI=1S/C10H18N2O/c1-8-4-2-3-5-9(8)12-10-11-6-7-13-10/h8-9H,2-7H2,1H3,(H,11,12). The third-order valence-electron chi connectivity index (χ3n) is 3.01. The number of hydrogen-bond acceptors (Lipinski definition) is 3. The van der Waals surface area contributed by atoms with Gasteiger partial charge in [0.1, 0.15) is 6.61 Å². The van der Waals surface area contributed by atoms with Gasteiger partial charge in [-0.05, 0) is 18.8 Å². The van der Waals surface area contributed by atoms with Gasteiger partial charge < -0.3 is 10.1 Å². The lowest BCUT2D eigenvalue weighted by molar-refractivity contribution is 0.273. The Morgan fingerprint density at radius 1 is 1.38 bits per heavy atom. The average Bonchev–Trinajstić information content (AvgIpc) is 2.61. The highest BCUT2D eigenvalue weighted by atomic mass is 16.5. The van der Waals surface area contributed by atoms with Crippen molar-refractivity contribution in [1.29, 1.82) is 0 Å². The van der Waals surface area contributed by atoms with Gasteiger partial charge in [-0.2, -0.15) is 0 Å². The number of amidine groups is 1. The van der Waals surface area contributed by atoms with Gasteiger partial charge in [-0.15, -0.1) is 0 Å². The molecule has 1 fully saturated rings. The summed E-state index contributed by atoms with van der Waals surface area (Å²) < 4.78 is 5.34. The first kappa shape index (κ1) is 8.85. The first-order chi connectivity index (χ1) is 6.36. The van der Waals surface area contributed by atoms with Gasteiger partial charge in [-0.3, -0.25) is 0 Å². The SMILES string of the molecule is CC1CCCCC1NC1=NCCO1. The molecule has 0 saturated heterocycles. The summed E-state index contributed by atoms with van der Waals surface area (Å²) in [7, 11) is 0. The number of aliphatic imine (C=N–C) groups is 1. The van der Waals surface area contributed by atoms with Crippen LogP contribution in [0.3, 0.4) is 0 Å². The topological polar surface area (TPSA) is 33.6 Å². The highest BCUT2D eigenvalue weighted by Crippen LogP contribution is 2.23. The molecule has 0 aromatic heterocycles. The van der Waals surface area contributed by atoms with Crippen LogP contribution in [-0.2, 0) is 4.74 Å². The lowest BCUT2D eigenvalue weighted by atomic mass is 9.86. The first-order valence-corrected chi connectivity index (χ1v) is 5.30. The van der Waals surface area contributed by atoms with Crippen LogP contribution in [0.4, 0.5) is 0 Å². The predicted molar refractivity (Wildman–Crippen MR) is 52.8 cm³/mol. The van der Waals surface area contributed by atoms with E-state index in [1.54, 1.807) is 0 Å². The third-order valence-corrected chi connectivity index (χ3v) is 3.01. The second kappa shape index (κ2) is 3.99. The summed E-state index contributed by atoms with van der Waals surface area (Å²) in [5, 5.41) is 3.40. The summed E-state index contributed by atoms with van der Waals surface area (Å²) in [6, 6.07) is 1.37. The van der Waals surface area contributed by atoms with Crippen LogP contribution >= 0.6 is 0 Å². The van der Waals surface area contributed by atoms with Crippen molar-refractivity contribution in [2.24, 2.45) is 10.9 Å². The van der Waals surface area contributed by atoms with Crippen LogP contribution in [0.2, 0.25) is 0 Å². The largest absolute Gasteiger partial charge is 0.463 e. The average molecular weight is 182 g/mol. The van der Waals surface area contributed by atoms with Crippen LogP contribution in [0.25, 0.3) is 0 Å². The minimum Gasteiger partial charge on any atom is -0.463 e. The molecule has 0 amide bonds. The van der Waals surface area contributed by atoms with Crippen molar-refractivity contribution < 1.29 is 4.74 Å². The molecule has 0 aromatic carbocycles. The van der Waals surface area contributed by atoms with Crippen LogP contribution in [0.5, 0.6) is 0 Å². The van der Waals surface area contributed by atoms with Crippen LogP contribution < -0.4 is 5.32 Å². The maximum absolute atomic E-state index is 5.34. The maximum atomic E-state index is 5.34. The van der Waals surface area contributed by atoms with Crippen molar-refractivity contribution in [2.75, 3.05) is 13.2 Å². The Balaban J connectivity index is 1.85. The summed E-state index contributed by atoms with van der Waals surface area (Å²) >= 11 is 0. The zero-order chi connectivity index (χ0) is 9.10. The highest BCUT2D eigenvalue weighted by molar-refractivity contribution is 5.75. The fourth-order valence-electron chi connectivity index (χ4n) is 2.11. The van der Waals surface area contributed by atoms with Gasteiger partial charge in [0.15, 0.2) is 0 Å². The summed E-state index contributed by atoms with van der Waals surface area (Å²) in [5.74, 6) is 0.764. The van der Waals surface area contributed by atoms with Gasteiger partial charge in [-0.1, -0.05) is 19.8 Å². The molecule has 0 radical (unpaired) electrons. The molecule has 1 saturated carbocycles. The fraction of sp³-hybridized carbons (Fsp3) is 0.900. The van der Waals surface area contributed by atoms with E-state index in [2.05, 4.69) is 17.2 Å². The molecule has 2 rings (SSSR count). The van der Waals surface area contributed by atoms with Crippen molar-refractivity contribution in [1.82, 2.24) is 5.32 Å². The fourth-order valence-corrected chi connectivity index (χ4v) is 2.11. The van der Waals surface area contributed by atoms with Gasteiger partial charge in [0.25, 0.3) is 6.02 Å². The molecule has 3 nitrogen and oxygen atoms in total. The number of ether oxygens (including phenoxy) is 1. The summed E-state index contributed by atoms with van der Waals surface area (Å²) in [6.07, 6.45) is 5.33. The predicted octanol–water partition coefficient (Wildman–Crippen LogP) is 1.54. The third kappa shape index (κ3) is 2.14. The van der Waals surface area contributed by atoms with E-state index in [1.165, 1.54) is 25.7 Å².